The van der Waals surface area contributed by atoms with Gasteiger partial charge in [0.25, 0.3) is 0 Å². The van der Waals surface area contributed by atoms with Gasteiger partial charge in [-0.05, 0) is 35.0 Å². The zero-order valence-corrected chi connectivity index (χ0v) is 12.7. The summed E-state index contributed by atoms with van der Waals surface area (Å²) in [4.78, 5) is -0.0276. The van der Waals surface area contributed by atoms with Crippen LogP contribution in [0.3, 0.4) is 0 Å². The van der Waals surface area contributed by atoms with Crippen molar-refractivity contribution in [3.63, 3.8) is 0 Å². The fraction of sp³-hybridized carbons (Fsp3) is 0.455. The van der Waals surface area contributed by atoms with Gasteiger partial charge >= 0.3 is 0 Å². The molecule has 0 bridgehead atoms. The van der Waals surface area contributed by atoms with Gasteiger partial charge in [0.1, 0.15) is 5.82 Å². The van der Waals surface area contributed by atoms with Gasteiger partial charge in [-0.3, -0.25) is 0 Å². The lowest BCUT2D eigenvalue weighted by Gasteiger charge is -2.32. The minimum atomic E-state index is -3.72. The lowest BCUT2D eigenvalue weighted by Crippen LogP contribution is -2.47. The summed E-state index contributed by atoms with van der Waals surface area (Å²) < 4.78 is 45.1. The molecule has 0 saturated carbocycles. The summed E-state index contributed by atoms with van der Waals surface area (Å²) >= 11 is 3.07. The molecule has 1 saturated heterocycles. The molecule has 0 aromatic heterocycles. The van der Waals surface area contributed by atoms with Gasteiger partial charge in [0.15, 0.2) is 0 Å². The second kappa shape index (κ2) is 5.35. The smallest absolute Gasteiger partial charge is 0.244 e. The number of morpholine rings is 1. The van der Waals surface area contributed by atoms with Crippen LogP contribution >= 0.6 is 15.9 Å². The van der Waals surface area contributed by atoms with Crippen molar-refractivity contribution >= 4 is 31.6 Å². The molecule has 1 aromatic rings. The molecule has 1 atom stereocenters. The third-order valence-electron chi connectivity index (χ3n) is 2.94. The third-order valence-corrected chi connectivity index (χ3v) is 5.92. The Morgan fingerprint density at radius 3 is 2.84 bits per heavy atom. The van der Waals surface area contributed by atoms with Crippen LogP contribution in [-0.4, -0.2) is 38.5 Å². The molecule has 0 aliphatic carbocycles. The van der Waals surface area contributed by atoms with Crippen molar-refractivity contribution in [2.24, 2.45) is 0 Å². The number of halogens is 2. The Hall–Kier alpha value is -0.700. The van der Waals surface area contributed by atoms with Crippen molar-refractivity contribution in [1.29, 1.82) is 0 Å². The molecular weight excluding hydrogens is 339 g/mol. The molecule has 0 unspecified atom stereocenters. The van der Waals surface area contributed by atoms with E-state index in [4.69, 9.17) is 10.5 Å². The van der Waals surface area contributed by atoms with E-state index in [1.54, 1.807) is 6.92 Å². The van der Waals surface area contributed by atoms with E-state index in [2.05, 4.69) is 15.9 Å². The van der Waals surface area contributed by atoms with Crippen LogP contribution < -0.4 is 5.73 Å². The van der Waals surface area contributed by atoms with E-state index in [1.165, 1.54) is 4.31 Å². The van der Waals surface area contributed by atoms with E-state index < -0.39 is 15.8 Å². The largest absolute Gasteiger partial charge is 0.396 e. The van der Waals surface area contributed by atoms with Gasteiger partial charge in [-0.1, -0.05) is 0 Å². The number of hydrogen-bond acceptors (Lipinski definition) is 4. The highest BCUT2D eigenvalue weighted by atomic mass is 79.9. The van der Waals surface area contributed by atoms with Crippen molar-refractivity contribution in [1.82, 2.24) is 4.31 Å². The van der Waals surface area contributed by atoms with Crippen LogP contribution in [0.4, 0.5) is 10.1 Å². The highest BCUT2D eigenvalue weighted by Gasteiger charge is 2.33. The van der Waals surface area contributed by atoms with Gasteiger partial charge in [0.05, 0.1) is 23.8 Å². The Balaban J connectivity index is 2.47. The molecule has 1 aliphatic rings. The second-order valence-corrected chi connectivity index (χ2v) is 7.06. The van der Waals surface area contributed by atoms with Crippen LogP contribution in [0, 0.1) is 5.82 Å². The first kappa shape index (κ1) is 14.7. The summed E-state index contributed by atoms with van der Waals surface area (Å²) in [5.41, 5.74) is 5.25. The molecule has 1 heterocycles. The highest BCUT2D eigenvalue weighted by molar-refractivity contribution is 9.10. The van der Waals surface area contributed by atoms with Crippen LogP contribution in [0.25, 0.3) is 0 Å². The molecule has 0 spiro atoms. The second-order valence-electron chi connectivity index (χ2n) is 4.34. The zero-order chi connectivity index (χ0) is 14.2. The zero-order valence-electron chi connectivity index (χ0n) is 10.3. The lowest BCUT2D eigenvalue weighted by atomic mass is 10.3. The number of hydrogen-bond donors (Lipinski definition) is 1. The van der Waals surface area contributed by atoms with E-state index in [0.29, 0.717) is 13.2 Å². The summed E-state index contributed by atoms with van der Waals surface area (Å²) in [6.07, 6.45) is 0. The average molecular weight is 353 g/mol. The Morgan fingerprint density at radius 1 is 1.53 bits per heavy atom. The molecule has 8 heteroatoms. The van der Waals surface area contributed by atoms with E-state index in [9.17, 15) is 12.8 Å². The number of ether oxygens (including phenoxy) is 1. The monoisotopic (exact) mass is 352 g/mol. The minimum Gasteiger partial charge on any atom is -0.396 e. The Kier molecular flexibility index (Phi) is 4.14. The number of nitrogens with two attached hydrogens (primary N) is 1. The molecule has 1 fully saturated rings. The van der Waals surface area contributed by atoms with E-state index >= 15 is 0 Å². The van der Waals surface area contributed by atoms with Crippen molar-refractivity contribution < 1.29 is 17.5 Å². The van der Waals surface area contributed by atoms with E-state index in [0.717, 1.165) is 12.1 Å². The first-order valence-electron chi connectivity index (χ1n) is 5.68. The summed E-state index contributed by atoms with van der Waals surface area (Å²) in [5.74, 6) is -0.652. The van der Waals surface area contributed by atoms with Crippen LogP contribution in [0.2, 0.25) is 0 Å². The topological polar surface area (TPSA) is 72.6 Å². The van der Waals surface area contributed by atoms with Gasteiger partial charge in [0.2, 0.25) is 10.0 Å². The molecule has 0 amide bonds. The van der Waals surface area contributed by atoms with Gasteiger partial charge in [-0.2, -0.15) is 4.31 Å². The predicted molar refractivity (Wildman–Crippen MR) is 72.7 cm³/mol. The maximum absolute atomic E-state index is 13.3. The fourth-order valence-corrected chi connectivity index (χ4v) is 4.55. The number of benzene rings is 1. The Labute approximate surface area is 119 Å². The quantitative estimate of drug-likeness (QED) is 0.820. The van der Waals surface area contributed by atoms with Crippen LogP contribution in [0.15, 0.2) is 21.5 Å². The summed E-state index contributed by atoms with van der Waals surface area (Å²) in [7, 11) is -3.72. The number of rotatable bonds is 2. The van der Waals surface area contributed by atoms with Crippen LogP contribution in [0.1, 0.15) is 6.92 Å². The highest BCUT2D eigenvalue weighted by Crippen LogP contribution is 2.30. The molecule has 19 heavy (non-hydrogen) atoms. The first-order chi connectivity index (χ1) is 8.84. The standard InChI is InChI=1S/C11H14BrFN2O3S/c1-7-6-18-3-2-15(7)19(16,17)11-5-10(14)9(13)4-8(11)12/h4-5,7H,2-3,6,14H2,1H3/t7-/m1/s1. The molecule has 1 aromatic carbocycles. The van der Waals surface area contributed by atoms with Gasteiger partial charge < -0.3 is 10.5 Å². The van der Waals surface area contributed by atoms with Gasteiger partial charge in [0, 0.05) is 17.1 Å². The number of nitrogen functional groups attached to an aromatic ring is 1. The number of anilines is 1. The van der Waals surface area contributed by atoms with Crippen molar-refractivity contribution in [2.45, 2.75) is 17.9 Å². The van der Waals surface area contributed by atoms with Crippen LogP contribution in [0.5, 0.6) is 0 Å². The molecule has 5 nitrogen and oxygen atoms in total. The summed E-state index contributed by atoms with van der Waals surface area (Å²) in [6, 6.07) is 1.93. The molecule has 106 valence electrons. The normalized spacial score (nSPS) is 21.5. The number of nitrogens with zero attached hydrogens (tertiary/aromatic N) is 1. The van der Waals surface area contributed by atoms with E-state index in [-0.39, 0.29) is 27.6 Å². The Morgan fingerprint density at radius 2 is 2.21 bits per heavy atom. The van der Waals surface area contributed by atoms with E-state index in [1.807, 2.05) is 0 Å². The molecule has 2 N–H and O–H groups in total. The predicted octanol–water partition coefficient (Wildman–Crippen LogP) is 1.58. The van der Waals surface area contributed by atoms with Crippen molar-refractivity contribution in [2.75, 3.05) is 25.5 Å². The van der Waals surface area contributed by atoms with Gasteiger partial charge in [-0.15, -0.1) is 0 Å². The SMILES string of the molecule is C[C@@H]1COCCN1S(=O)(=O)c1cc(N)c(F)cc1Br. The summed E-state index contributed by atoms with van der Waals surface area (Å²) in [6.45, 7) is 2.72. The average Bonchev–Trinajstić information content (AvgIpc) is 2.34. The van der Waals surface area contributed by atoms with Crippen molar-refractivity contribution in [3.05, 3.63) is 22.4 Å². The maximum atomic E-state index is 13.3. The lowest BCUT2D eigenvalue weighted by molar-refractivity contribution is 0.0392. The molecule has 0 radical (unpaired) electrons. The summed E-state index contributed by atoms with van der Waals surface area (Å²) in [5, 5.41) is 0. The maximum Gasteiger partial charge on any atom is 0.244 e. The third kappa shape index (κ3) is 2.76. The molecule has 1 aliphatic heterocycles. The van der Waals surface area contributed by atoms with Gasteiger partial charge in [-0.25, -0.2) is 12.8 Å². The Bertz CT molecular complexity index is 594. The fourth-order valence-electron chi connectivity index (χ4n) is 1.94. The number of sulfonamides is 1. The first-order valence-corrected chi connectivity index (χ1v) is 7.91. The minimum absolute atomic E-state index is 0.0276. The molecule has 2 rings (SSSR count). The van der Waals surface area contributed by atoms with Crippen LogP contribution in [-0.2, 0) is 14.8 Å². The van der Waals surface area contributed by atoms with Crippen molar-refractivity contribution in [3.8, 4) is 0 Å². The molecular formula is C11H14BrFN2O3S.